The van der Waals surface area contributed by atoms with E-state index in [9.17, 15) is 9.90 Å². The predicted octanol–water partition coefficient (Wildman–Crippen LogP) is 3.59. The van der Waals surface area contributed by atoms with Gasteiger partial charge in [0, 0.05) is 15.7 Å². The summed E-state index contributed by atoms with van der Waals surface area (Å²) in [6.07, 6.45) is 1.83. The maximum atomic E-state index is 12.6. The fourth-order valence-electron chi connectivity index (χ4n) is 2.58. The van der Waals surface area contributed by atoms with Crippen LogP contribution in [-0.2, 0) is 6.42 Å². The van der Waals surface area contributed by atoms with Crippen molar-refractivity contribution in [1.29, 1.82) is 0 Å². The minimum Gasteiger partial charge on any atom is -0.506 e. The van der Waals surface area contributed by atoms with E-state index < -0.39 is 0 Å². The van der Waals surface area contributed by atoms with E-state index in [1.807, 2.05) is 36.4 Å². The van der Waals surface area contributed by atoms with Gasteiger partial charge >= 0.3 is 0 Å². The predicted molar refractivity (Wildman–Crippen MR) is 87.3 cm³/mol. The Morgan fingerprint density at radius 2 is 1.90 bits per heavy atom. The summed E-state index contributed by atoms with van der Waals surface area (Å²) in [5, 5.41) is 10.1. The number of hydrogen-bond donors (Lipinski definition) is 1. The number of halogens is 1. The van der Waals surface area contributed by atoms with Crippen LogP contribution in [0.1, 0.15) is 22.3 Å². The lowest BCUT2D eigenvalue weighted by molar-refractivity contribution is 0.0984. The van der Waals surface area contributed by atoms with Gasteiger partial charge in [0.1, 0.15) is 5.75 Å². The second-order valence-corrected chi connectivity index (χ2v) is 6.10. The smallest absolute Gasteiger partial charge is 0.258 e. The van der Waals surface area contributed by atoms with Crippen molar-refractivity contribution in [2.45, 2.75) is 12.8 Å². The monoisotopic (exact) mass is 379 g/mol. The fraction of sp³-hybridized carbons (Fsp3) is 0.188. The van der Waals surface area contributed by atoms with E-state index in [1.165, 1.54) is 0 Å². The highest BCUT2D eigenvalue weighted by atomic mass is 127. The zero-order valence-corrected chi connectivity index (χ0v) is 13.0. The number of rotatable bonds is 1. The molecule has 2 aromatic carbocycles. The number of amides is 1. The molecule has 0 atom stereocenters. The molecule has 1 aliphatic heterocycles. The van der Waals surface area contributed by atoms with E-state index in [4.69, 9.17) is 0 Å². The van der Waals surface area contributed by atoms with E-state index in [2.05, 4.69) is 22.6 Å². The normalized spacial score (nSPS) is 13.9. The Morgan fingerprint density at radius 1 is 1.15 bits per heavy atom. The molecule has 1 heterocycles. The maximum absolute atomic E-state index is 12.6. The molecular formula is C16H14INO2. The van der Waals surface area contributed by atoms with Gasteiger partial charge in [-0.2, -0.15) is 0 Å². The van der Waals surface area contributed by atoms with Gasteiger partial charge in [-0.25, -0.2) is 0 Å². The topological polar surface area (TPSA) is 40.5 Å². The van der Waals surface area contributed by atoms with Crippen molar-refractivity contribution in [3.63, 3.8) is 0 Å². The van der Waals surface area contributed by atoms with Gasteiger partial charge in [0.25, 0.3) is 5.91 Å². The van der Waals surface area contributed by atoms with Crippen LogP contribution < -0.4 is 4.90 Å². The van der Waals surface area contributed by atoms with E-state index in [1.54, 1.807) is 11.0 Å². The number of hydrogen-bond acceptors (Lipinski definition) is 2. The number of aromatic hydroxyl groups is 1. The van der Waals surface area contributed by atoms with Crippen LogP contribution in [0.25, 0.3) is 0 Å². The minimum atomic E-state index is -0.0520. The second kappa shape index (κ2) is 5.44. The number of para-hydroxylation sites is 1. The van der Waals surface area contributed by atoms with Crippen molar-refractivity contribution < 1.29 is 9.90 Å². The highest BCUT2D eigenvalue weighted by molar-refractivity contribution is 14.1. The van der Waals surface area contributed by atoms with Crippen LogP contribution in [0.5, 0.6) is 5.75 Å². The molecule has 0 bridgehead atoms. The van der Waals surface area contributed by atoms with Crippen molar-refractivity contribution in [2.75, 3.05) is 11.4 Å². The molecule has 1 aliphatic rings. The Bertz CT molecular complexity index is 652. The van der Waals surface area contributed by atoms with Crippen LogP contribution in [-0.4, -0.2) is 17.6 Å². The average Bonchev–Trinajstić information content (AvgIpc) is 2.47. The third-order valence-electron chi connectivity index (χ3n) is 3.53. The van der Waals surface area contributed by atoms with Crippen LogP contribution >= 0.6 is 22.6 Å². The first-order valence-electron chi connectivity index (χ1n) is 6.55. The lowest BCUT2D eigenvalue weighted by atomic mass is 10.00. The first kappa shape index (κ1) is 13.4. The Morgan fingerprint density at radius 3 is 2.65 bits per heavy atom. The largest absolute Gasteiger partial charge is 0.506 e. The van der Waals surface area contributed by atoms with Gasteiger partial charge in [-0.1, -0.05) is 12.1 Å². The van der Waals surface area contributed by atoms with Gasteiger partial charge in [-0.05, 0) is 71.3 Å². The van der Waals surface area contributed by atoms with Crippen molar-refractivity contribution in [3.05, 3.63) is 57.2 Å². The maximum Gasteiger partial charge on any atom is 0.258 e. The van der Waals surface area contributed by atoms with Crippen molar-refractivity contribution in [2.24, 2.45) is 0 Å². The van der Waals surface area contributed by atoms with Crippen LogP contribution in [0.15, 0.2) is 42.5 Å². The Hall–Kier alpha value is -1.56. The first-order valence-corrected chi connectivity index (χ1v) is 7.63. The lowest BCUT2D eigenvalue weighted by Gasteiger charge is -2.30. The summed E-state index contributed by atoms with van der Waals surface area (Å²) < 4.78 is 1.10. The molecule has 0 spiro atoms. The average molecular weight is 379 g/mol. The molecule has 0 aromatic heterocycles. The Kier molecular flexibility index (Phi) is 3.65. The third kappa shape index (κ3) is 2.40. The minimum absolute atomic E-state index is 0.0520. The molecule has 1 N–H and O–H groups in total. The molecule has 2 aromatic rings. The summed E-state index contributed by atoms with van der Waals surface area (Å²) in [5.41, 5.74) is 2.36. The number of carbonyl (C=O) groups excluding carboxylic acids is 1. The molecule has 0 aliphatic carbocycles. The summed E-state index contributed by atoms with van der Waals surface area (Å²) in [4.78, 5) is 14.3. The zero-order chi connectivity index (χ0) is 14.1. The molecule has 0 saturated heterocycles. The standard InChI is InChI=1S/C16H14INO2/c17-13-8-6-12(7-9-13)16(20)18-10-2-4-11-3-1-5-14(19)15(11)18/h1,3,5-9,19H,2,4,10H2. The molecule has 0 saturated carbocycles. The van der Waals surface area contributed by atoms with Crippen molar-refractivity contribution in [1.82, 2.24) is 0 Å². The van der Waals surface area contributed by atoms with Gasteiger partial charge in [-0.3, -0.25) is 4.79 Å². The third-order valence-corrected chi connectivity index (χ3v) is 4.25. The van der Waals surface area contributed by atoms with Gasteiger partial charge in [0.2, 0.25) is 0 Å². The summed E-state index contributed by atoms with van der Waals surface area (Å²) in [7, 11) is 0. The van der Waals surface area contributed by atoms with Crippen molar-refractivity contribution in [3.8, 4) is 5.75 Å². The van der Waals surface area contributed by atoms with Gasteiger partial charge in [-0.15, -0.1) is 0 Å². The lowest BCUT2D eigenvalue weighted by Crippen LogP contribution is -2.35. The number of fused-ring (bicyclic) bond motifs is 1. The molecular weight excluding hydrogens is 365 g/mol. The van der Waals surface area contributed by atoms with Crippen LogP contribution in [0.4, 0.5) is 5.69 Å². The molecule has 4 heteroatoms. The summed E-state index contributed by atoms with van der Waals surface area (Å²) in [6.45, 7) is 0.648. The number of aryl methyl sites for hydroxylation is 1. The highest BCUT2D eigenvalue weighted by Crippen LogP contribution is 2.36. The summed E-state index contributed by atoms with van der Waals surface area (Å²) >= 11 is 2.21. The molecule has 0 unspecified atom stereocenters. The fourth-order valence-corrected chi connectivity index (χ4v) is 2.94. The molecule has 1 amide bonds. The highest BCUT2D eigenvalue weighted by Gasteiger charge is 2.25. The number of phenolic OH excluding ortho intramolecular Hbond substituents is 1. The van der Waals surface area contributed by atoms with Gasteiger partial charge in [0.15, 0.2) is 0 Å². The molecule has 3 nitrogen and oxygen atoms in total. The summed E-state index contributed by atoms with van der Waals surface area (Å²) in [5.74, 6) is 0.130. The Labute approximate surface area is 131 Å². The first-order chi connectivity index (χ1) is 9.66. The quantitative estimate of drug-likeness (QED) is 0.770. The number of carbonyl (C=O) groups is 1. The molecule has 20 heavy (non-hydrogen) atoms. The van der Waals surface area contributed by atoms with E-state index in [0.717, 1.165) is 22.0 Å². The molecule has 3 rings (SSSR count). The van der Waals surface area contributed by atoms with Crippen LogP contribution in [0.3, 0.4) is 0 Å². The van der Waals surface area contributed by atoms with Crippen LogP contribution in [0.2, 0.25) is 0 Å². The Balaban J connectivity index is 2.00. The molecule has 102 valence electrons. The van der Waals surface area contributed by atoms with E-state index >= 15 is 0 Å². The number of nitrogens with zero attached hydrogens (tertiary/aromatic N) is 1. The van der Waals surface area contributed by atoms with Gasteiger partial charge < -0.3 is 10.0 Å². The number of anilines is 1. The van der Waals surface area contributed by atoms with E-state index in [0.29, 0.717) is 17.8 Å². The van der Waals surface area contributed by atoms with Gasteiger partial charge in [0.05, 0.1) is 5.69 Å². The second-order valence-electron chi connectivity index (χ2n) is 4.85. The number of phenols is 1. The van der Waals surface area contributed by atoms with E-state index in [-0.39, 0.29) is 11.7 Å². The van der Waals surface area contributed by atoms with Crippen molar-refractivity contribution >= 4 is 34.2 Å². The molecule has 0 radical (unpaired) electrons. The SMILES string of the molecule is O=C(c1ccc(I)cc1)N1CCCc2cccc(O)c21. The van der Waals surface area contributed by atoms with Crippen LogP contribution in [0, 0.1) is 3.57 Å². The summed E-state index contributed by atoms with van der Waals surface area (Å²) in [6, 6.07) is 12.9. The molecule has 0 fully saturated rings. The zero-order valence-electron chi connectivity index (χ0n) is 10.8. The number of benzene rings is 2.